The lowest BCUT2D eigenvalue weighted by molar-refractivity contribution is 0.598. The smallest absolute Gasteiger partial charge is 0.184 e. The Morgan fingerprint density at radius 2 is 2.19 bits per heavy atom. The van der Waals surface area contributed by atoms with Gasteiger partial charge in [0.2, 0.25) is 0 Å². The number of aromatic nitrogens is 1. The molecule has 1 aromatic heterocycles. The van der Waals surface area contributed by atoms with Gasteiger partial charge in [-0.3, -0.25) is 0 Å². The van der Waals surface area contributed by atoms with Crippen molar-refractivity contribution in [1.82, 2.24) is 4.37 Å². The lowest BCUT2D eigenvalue weighted by Gasteiger charge is -2.07. The van der Waals surface area contributed by atoms with Gasteiger partial charge in [0.15, 0.2) is 15.7 Å². The van der Waals surface area contributed by atoms with E-state index < -0.39 is 9.84 Å². The molecule has 1 heterocycles. The first-order valence-electron chi connectivity index (χ1n) is 6.40. The maximum absolute atomic E-state index is 13.1. The molecular weight excluding hydrogens is 313 g/mol. The van der Waals surface area contributed by atoms with Gasteiger partial charge in [-0.25, -0.2) is 12.8 Å². The monoisotopic (exact) mass is 329 g/mol. The van der Waals surface area contributed by atoms with Gasteiger partial charge in [-0.15, -0.1) is 0 Å². The van der Waals surface area contributed by atoms with E-state index in [1.807, 2.05) is 6.07 Å². The molecule has 0 saturated carbocycles. The number of anilines is 2. The summed E-state index contributed by atoms with van der Waals surface area (Å²) in [4.78, 5) is 0.0641. The number of hydrogen-bond donors (Lipinski definition) is 2. The van der Waals surface area contributed by atoms with Crippen LogP contribution < -0.4 is 11.1 Å². The van der Waals surface area contributed by atoms with E-state index in [1.54, 1.807) is 13.0 Å². The average Bonchev–Trinajstić information content (AvgIpc) is 2.81. The molecule has 0 saturated heterocycles. The summed E-state index contributed by atoms with van der Waals surface area (Å²) in [7, 11) is -3.42. The molecule has 114 valence electrons. The molecule has 0 unspecified atom stereocenters. The van der Waals surface area contributed by atoms with Crippen LogP contribution in [0.1, 0.15) is 12.5 Å². The standard InChI is InChI=1S/C13H16FN3O2S2/c1-2-21(18,19)11-12(15)17-20-13(11)16-7-6-9-4-3-5-10(14)8-9/h3-5,8,16H,2,6-7H2,1H3,(H2,15,17). The van der Waals surface area contributed by atoms with Crippen molar-refractivity contribution in [2.24, 2.45) is 0 Å². The van der Waals surface area contributed by atoms with Gasteiger partial charge in [-0.2, -0.15) is 4.37 Å². The maximum atomic E-state index is 13.1. The predicted octanol–water partition coefficient (Wildman–Crippen LogP) is 2.31. The van der Waals surface area contributed by atoms with Gasteiger partial charge < -0.3 is 11.1 Å². The Morgan fingerprint density at radius 1 is 1.43 bits per heavy atom. The number of nitrogens with one attached hydrogen (secondary N) is 1. The first kappa shape index (κ1) is 15.7. The van der Waals surface area contributed by atoms with Crippen LogP contribution in [0.25, 0.3) is 0 Å². The third-order valence-corrected chi connectivity index (χ3v) is 5.70. The molecule has 1 aromatic carbocycles. The van der Waals surface area contributed by atoms with Crippen molar-refractivity contribution < 1.29 is 12.8 Å². The third-order valence-electron chi connectivity index (χ3n) is 2.95. The Kier molecular flexibility index (Phi) is 4.79. The molecule has 0 bridgehead atoms. The Bertz CT molecular complexity index is 729. The molecular formula is C13H16FN3O2S2. The molecule has 0 fully saturated rings. The van der Waals surface area contributed by atoms with Crippen LogP contribution >= 0.6 is 11.5 Å². The second kappa shape index (κ2) is 6.40. The van der Waals surface area contributed by atoms with Crippen molar-refractivity contribution in [1.29, 1.82) is 0 Å². The van der Waals surface area contributed by atoms with Crippen LogP contribution in [0.5, 0.6) is 0 Å². The van der Waals surface area contributed by atoms with Crippen molar-refractivity contribution in [3.05, 3.63) is 35.6 Å². The largest absolute Gasteiger partial charge is 0.382 e. The van der Waals surface area contributed by atoms with E-state index in [0.29, 0.717) is 18.0 Å². The van der Waals surface area contributed by atoms with E-state index in [9.17, 15) is 12.8 Å². The SMILES string of the molecule is CCS(=O)(=O)c1c(N)nsc1NCCc1cccc(F)c1. The zero-order valence-electron chi connectivity index (χ0n) is 11.5. The fourth-order valence-corrected chi connectivity index (χ4v) is 4.06. The zero-order valence-corrected chi connectivity index (χ0v) is 13.1. The molecule has 0 atom stereocenters. The van der Waals surface area contributed by atoms with Gasteiger partial charge in [-0.05, 0) is 35.6 Å². The number of halogens is 1. The topological polar surface area (TPSA) is 85.1 Å². The molecule has 8 heteroatoms. The highest BCUT2D eigenvalue weighted by Gasteiger charge is 2.23. The van der Waals surface area contributed by atoms with E-state index >= 15 is 0 Å². The van der Waals surface area contributed by atoms with Crippen LogP contribution in [-0.4, -0.2) is 25.1 Å². The van der Waals surface area contributed by atoms with Crippen LogP contribution in [0, 0.1) is 5.82 Å². The highest BCUT2D eigenvalue weighted by Crippen LogP contribution is 2.32. The molecule has 21 heavy (non-hydrogen) atoms. The molecule has 0 radical (unpaired) electrons. The number of rotatable bonds is 6. The third kappa shape index (κ3) is 3.70. The summed E-state index contributed by atoms with van der Waals surface area (Å²) < 4.78 is 40.9. The molecule has 0 amide bonds. The lowest BCUT2D eigenvalue weighted by Crippen LogP contribution is -2.11. The minimum absolute atomic E-state index is 0.0232. The minimum Gasteiger partial charge on any atom is -0.382 e. The molecule has 0 spiro atoms. The maximum Gasteiger partial charge on any atom is 0.184 e. The molecule has 2 aromatic rings. The first-order valence-corrected chi connectivity index (χ1v) is 8.83. The summed E-state index contributed by atoms with van der Waals surface area (Å²) in [6.45, 7) is 2.03. The Labute approximate surface area is 127 Å². The number of nitrogens with two attached hydrogens (primary N) is 1. The fourth-order valence-electron chi connectivity index (χ4n) is 1.86. The van der Waals surface area contributed by atoms with Gasteiger partial charge in [0.1, 0.15) is 15.7 Å². The van der Waals surface area contributed by atoms with Crippen molar-refractivity contribution in [2.75, 3.05) is 23.3 Å². The first-order chi connectivity index (χ1) is 9.94. The van der Waals surface area contributed by atoms with Crippen molar-refractivity contribution in [3.63, 3.8) is 0 Å². The molecule has 5 nitrogen and oxygen atoms in total. The highest BCUT2D eigenvalue weighted by atomic mass is 32.2. The quantitative estimate of drug-likeness (QED) is 0.849. The van der Waals surface area contributed by atoms with Crippen LogP contribution in [-0.2, 0) is 16.3 Å². The van der Waals surface area contributed by atoms with Gasteiger partial charge in [0.25, 0.3) is 0 Å². The van der Waals surface area contributed by atoms with Gasteiger partial charge >= 0.3 is 0 Å². The Balaban J connectivity index is 2.08. The fraction of sp³-hybridized carbons (Fsp3) is 0.308. The van der Waals surface area contributed by atoms with E-state index in [1.165, 1.54) is 12.1 Å². The van der Waals surface area contributed by atoms with Gasteiger partial charge in [0, 0.05) is 6.54 Å². The zero-order chi connectivity index (χ0) is 15.5. The normalized spacial score (nSPS) is 11.5. The number of nitrogen functional groups attached to an aromatic ring is 1. The molecule has 2 rings (SSSR count). The van der Waals surface area contributed by atoms with Crippen LogP contribution in [0.15, 0.2) is 29.2 Å². The second-order valence-electron chi connectivity index (χ2n) is 4.44. The van der Waals surface area contributed by atoms with Crippen LogP contribution in [0.4, 0.5) is 15.2 Å². The predicted molar refractivity (Wildman–Crippen MR) is 82.8 cm³/mol. The number of benzene rings is 1. The lowest BCUT2D eigenvalue weighted by atomic mass is 10.1. The van der Waals surface area contributed by atoms with Crippen molar-refractivity contribution in [2.45, 2.75) is 18.2 Å². The summed E-state index contributed by atoms with van der Waals surface area (Å²) >= 11 is 1.02. The van der Waals surface area contributed by atoms with Crippen molar-refractivity contribution >= 4 is 32.2 Å². The van der Waals surface area contributed by atoms with E-state index in [4.69, 9.17) is 5.73 Å². The summed E-state index contributed by atoms with van der Waals surface area (Å²) in [6.07, 6.45) is 0.571. The summed E-state index contributed by atoms with van der Waals surface area (Å²) in [5.41, 5.74) is 6.47. The number of hydrogen-bond acceptors (Lipinski definition) is 6. The average molecular weight is 329 g/mol. The molecule has 0 aliphatic heterocycles. The summed E-state index contributed by atoms with van der Waals surface area (Å²) in [5.74, 6) is -0.298. The van der Waals surface area contributed by atoms with Crippen LogP contribution in [0.2, 0.25) is 0 Å². The number of sulfone groups is 1. The van der Waals surface area contributed by atoms with E-state index in [2.05, 4.69) is 9.69 Å². The molecule has 0 aliphatic rings. The van der Waals surface area contributed by atoms with Crippen LogP contribution in [0.3, 0.4) is 0 Å². The molecule has 0 aliphatic carbocycles. The van der Waals surface area contributed by atoms with E-state index in [0.717, 1.165) is 17.1 Å². The Hall–Kier alpha value is -1.67. The Morgan fingerprint density at radius 3 is 2.86 bits per heavy atom. The number of nitrogens with zero attached hydrogens (tertiary/aromatic N) is 1. The minimum atomic E-state index is -3.42. The highest BCUT2D eigenvalue weighted by molar-refractivity contribution is 7.91. The van der Waals surface area contributed by atoms with E-state index in [-0.39, 0.29) is 22.3 Å². The van der Waals surface area contributed by atoms with Gasteiger partial charge in [-0.1, -0.05) is 19.1 Å². The summed E-state index contributed by atoms with van der Waals surface area (Å²) in [5, 5.41) is 3.45. The molecule has 3 N–H and O–H groups in total. The van der Waals surface area contributed by atoms with Gasteiger partial charge in [0.05, 0.1) is 5.75 Å². The van der Waals surface area contributed by atoms with Crippen molar-refractivity contribution in [3.8, 4) is 0 Å². The summed E-state index contributed by atoms with van der Waals surface area (Å²) in [6, 6.07) is 6.29. The second-order valence-corrected chi connectivity index (χ2v) is 7.42.